The monoisotopic (exact) mass is 273 g/mol. The maximum absolute atomic E-state index is 11.8. The number of rotatable bonds is 4. The summed E-state index contributed by atoms with van der Waals surface area (Å²) >= 11 is 0. The number of nitrogens with zero attached hydrogens (tertiary/aromatic N) is 1. The predicted octanol–water partition coefficient (Wildman–Crippen LogP) is -1.55. The Balaban J connectivity index is 2.62. The Morgan fingerprint density at radius 3 is 2.63 bits per heavy atom. The van der Waals surface area contributed by atoms with E-state index in [1.165, 1.54) is 0 Å². The number of urea groups is 1. The Kier molecular flexibility index (Phi) is 5.10. The lowest BCUT2D eigenvalue weighted by Gasteiger charge is -2.22. The van der Waals surface area contributed by atoms with Crippen LogP contribution in [0.4, 0.5) is 4.79 Å². The van der Waals surface area contributed by atoms with Crippen molar-refractivity contribution < 1.29 is 29.4 Å². The van der Waals surface area contributed by atoms with Crippen molar-refractivity contribution in [3.05, 3.63) is 0 Å². The molecule has 1 heterocycles. The van der Waals surface area contributed by atoms with E-state index in [-0.39, 0.29) is 12.5 Å². The van der Waals surface area contributed by atoms with E-state index in [1.807, 2.05) is 0 Å². The molecule has 0 aromatic carbocycles. The number of aliphatic carboxylic acids is 2. The normalized spacial score (nSPS) is 17.1. The molecule has 3 amide bonds. The van der Waals surface area contributed by atoms with Gasteiger partial charge in [0, 0.05) is 13.1 Å². The minimum absolute atomic E-state index is 0.175. The SMILES string of the molecule is O=C(O)C[C@H](NC(=O)N1CCCNC(=O)C1)C(=O)O. The van der Waals surface area contributed by atoms with E-state index in [4.69, 9.17) is 10.2 Å². The van der Waals surface area contributed by atoms with Crippen LogP contribution in [0, 0.1) is 0 Å². The van der Waals surface area contributed by atoms with Gasteiger partial charge in [0.2, 0.25) is 5.91 Å². The van der Waals surface area contributed by atoms with Gasteiger partial charge in [0.05, 0.1) is 6.42 Å². The smallest absolute Gasteiger partial charge is 0.326 e. The molecule has 9 nitrogen and oxygen atoms in total. The van der Waals surface area contributed by atoms with Crippen LogP contribution in [0.5, 0.6) is 0 Å². The summed E-state index contributed by atoms with van der Waals surface area (Å²) in [7, 11) is 0. The lowest BCUT2D eigenvalue weighted by molar-refractivity contribution is -0.145. The first-order chi connectivity index (χ1) is 8.90. The Morgan fingerprint density at radius 1 is 1.37 bits per heavy atom. The number of carbonyl (C=O) groups is 4. The van der Waals surface area contributed by atoms with Crippen LogP contribution in [-0.4, -0.2) is 64.7 Å². The van der Waals surface area contributed by atoms with Gasteiger partial charge in [0.1, 0.15) is 12.6 Å². The minimum atomic E-state index is -1.52. The van der Waals surface area contributed by atoms with Crippen molar-refractivity contribution in [3.8, 4) is 0 Å². The highest BCUT2D eigenvalue weighted by Crippen LogP contribution is 2.00. The predicted molar refractivity (Wildman–Crippen MR) is 61.4 cm³/mol. The zero-order valence-electron chi connectivity index (χ0n) is 10.1. The molecule has 0 spiro atoms. The number of hydrogen-bond donors (Lipinski definition) is 4. The van der Waals surface area contributed by atoms with Gasteiger partial charge < -0.3 is 25.7 Å². The van der Waals surface area contributed by atoms with Crippen LogP contribution in [0.15, 0.2) is 0 Å². The summed E-state index contributed by atoms with van der Waals surface area (Å²) < 4.78 is 0. The fourth-order valence-corrected chi connectivity index (χ4v) is 1.59. The molecule has 4 N–H and O–H groups in total. The highest BCUT2D eigenvalue weighted by molar-refractivity contribution is 5.88. The lowest BCUT2D eigenvalue weighted by Crippen LogP contribution is -2.50. The summed E-state index contributed by atoms with van der Waals surface area (Å²) in [5, 5.41) is 22.0. The zero-order valence-corrected chi connectivity index (χ0v) is 10.1. The van der Waals surface area contributed by atoms with Gasteiger partial charge in [0.25, 0.3) is 0 Å². The number of carboxylic acids is 2. The second-order valence-electron chi connectivity index (χ2n) is 4.06. The van der Waals surface area contributed by atoms with E-state index < -0.39 is 30.4 Å². The molecule has 0 saturated carbocycles. The summed E-state index contributed by atoms with van der Waals surface area (Å²) in [4.78, 5) is 45.5. The van der Waals surface area contributed by atoms with Crippen LogP contribution in [-0.2, 0) is 14.4 Å². The number of carboxylic acid groups (broad SMARTS) is 2. The quantitative estimate of drug-likeness (QED) is 0.489. The van der Waals surface area contributed by atoms with Crippen molar-refractivity contribution in [3.63, 3.8) is 0 Å². The van der Waals surface area contributed by atoms with Crippen LogP contribution in [0.2, 0.25) is 0 Å². The third-order valence-electron chi connectivity index (χ3n) is 2.52. The van der Waals surface area contributed by atoms with Gasteiger partial charge in [0.15, 0.2) is 0 Å². The third kappa shape index (κ3) is 4.82. The van der Waals surface area contributed by atoms with Crippen LogP contribution in [0.3, 0.4) is 0 Å². The second-order valence-corrected chi connectivity index (χ2v) is 4.06. The summed E-state index contributed by atoms with van der Waals surface area (Å²) in [5.41, 5.74) is 0. The molecule has 106 valence electrons. The van der Waals surface area contributed by atoms with Gasteiger partial charge in [-0.05, 0) is 6.42 Å². The van der Waals surface area contributed by atoms with Gasteiger partial charge in [-0.1, -0.05) is 0 Å². The Hall–Kier alpha value is -2.32. The molecule has 1 rings (SSSR count). The average Bonchev–Trinajstić information content (AvgIpc) is 2.52. The first-order valence-corrected chi connectivity index (χ1v) is 5.67. The van der Waals surface area contributed by atoms with Crippen molar-refractivity contribution in [2.24, 2.45) is 0 Å². The largest absolute Gasteiger partial charge is 0.481 e. The maximum Gasteiger partial charge on any atom is 0.326 e. The van der Waals surface area contributed by atoms with E-state index in [9.17, 15) is 19.2 Å². The first-order valence-electron chi connectivity index (χ1n) is 5.67. The molecule has 0 aromatic rings. The van der Waals surface area contributed by atoms with Crippen LogP contribution < -0.4 is 10.6 Å². The molecule has 19 heavy (non-hydrogen) atoms. The maximum atomic E-state index is 11.8. The van der Waals surface area contributed by atoms with Crippen molar-refractivity contribution in [2.45, 2.75) is 18.9 Å². The highest BCUT2D eigenvalue weighted by Gasteiger charge is 2.27. The molecule has 1 saturated heterocycles. The zero-order chi connectivity index (χ0) is 14.4. The Morgan fingerprint density at radius 2 is 2.05 bits per heavy atom. The van der Waals surface area contributed by atoms with Crippen LogP contribution in [0.25, 0.3) is 0 Å². The summed E-state index contributed by atoms with van der Waals surface area (Å²) in [6.07, 6.45) is -0.170. The van der Waals surface area contributed by atoms with Crippen molar-refractivity contribution in [2.75, 3.05) is 19.6 Å². The number of nitrogens with one attached hydrogen (secondary N) is 2. The molecular weight excluding hydrogens is 258 g/mol. The fraction of sp³-hybridized carbons (Fsp3) is 0.600. The molecular formula is C10H15N3O6. The van der Waals surface area contributed by atoms with Gasteiger partial charge in [-0.25, -0.2) is 9.59 Å². The molecule has 0 radical (unpaired) electrons. The second kappa shape index (κ2) is 6.57. The van der Waals surface area contributed by atoms with E-state index in [0.29, 0.717) is 19.5 Å². The van der Waals surface area contributed by atoms with E-state index >= 15 is 0 Å². The van der Waals surface area contributed by atoms with Gasteiger partial charge in [-0.2, -0.15) is 0 Å². The van der Waals surface area contributed by atoms with Crippen LogP contribution in [0.1, 0.15) is 12.8 Å². The molecule has 1 fully saturated rings. The lowest BCUT2D eigenvalue weighted by atomic mass is 10.2. The first kappa shape index (κ1) is 14.7. The van der Waals surface area contributed by atoms with Gasteiger partial charge in [-0.3, -0.25) is 9.59 Å². The number of hydrogen-bond acceptors (Lipinski definition) is 4. The van der Waals surface area contributed by atoms with Crippen molar-refractivity contribution >= 4 is 23.9 Å². The fourth-order valence-electron chi connectivity index (χ4n) is 1.59. The van der Waals surface area contributed by atoms with Gasteiger partial charge in [-0.15, -0.1) is 0 Å². The number of carbonyl (C=O) groups excluding carboxylic acids is 2. The van der Waals surface area contributed by atoms with E-state index in [2.05, 4.69) is 10.6 Å². The number of amides is 3. The molecule has 0 aromatic heterocycles. The molecule has 1 aliphatic heterocycles. The summed E-state index contributed by atoms with van der Waals surface area (Å²) in [6, 6.07) is -2.28. The van der Waals surface area contributed by atoms with E-state index in [1.54, 1.807) is 0 Å². The molecule has 0 bridgehead atoms. The summed E-state index contributed by atoms with van der Waals surface area (Å²) in [6.45, 7) is 0.565. The molecule has 1 atom stereocenters. The van der Waals surface area contributed by atoms with Crippen molar-refractivity contribution in [1.82, 2.24) is 15.5 Å². The standard InChI is InChI=1S/C10H15N3O6/c14-7-5-13(3-1-2-11-7)10(19)12-6(9(17)18)4-8(15)16/h6H,1-5H2,(H,11,14)(H,12,19)(H,15,16)(H,17,18)/t6-/m0/s1. The minimum Gasteiger partial charge on any atom is -0.481 e. The van der Waals surface area contributed by atoms with E-state index in [0.717, 1.165) is 4.90 Å². The van der Waals surface area contributed by atoms with Gasteiger partial charge >= 0.3 is 18.0 Å². The topological polar surface area (TPSA) is 136 Å². The molecule has 0 unspecified atom stereocenters. The van der Waals surface area contributed by atoms with Crippen LogP contribution >= 0.6 is 0 Å². The average molecular weight is 273 g/mol. The third-order valence-corrected chi connectivity index (χ3v) is 2.52. The Bertz CT molecular complexity index is 397. The molecule has 1 aliphatic rings. The summed E-state index contributed by atoms with van der Waals surface area (Å²) in [5.74, 6) is -3.10. The Labute approximate surface area is 108 Å². The van der Waals surface area contributed by atoms with Crippen molar-refractivity contribution in [1.29, 1.82) is 0 Å². The molecule has 0 aliphatic carbocycles. The molecule has 9 heteroatoms. The highest BCUT2D eigenvalue weighted by atomic mass is 16.4.